The van der Waals surface area contributed by atoms with Gasteiger partial charge in [0.25, 0.3) is 11.8 Å². The molecule has 0 aromatic carbocycles. The number of carbonyl (C=O) groups excluding carboxylic acids is 6. The second-order valence-corrected chi connectivity index (χ2v) is 11.0. The van der Waals surface area contributed by atoms with Crippen LogP contribution in [0.2, 0.25) is 0 Å². The molecule has 15 nitrogen and oxygen atoms in total. The van der Waals surface area contributed by atoms with Crippen molar-refractivity contribution < 1.29 is 38.7 Å². The SMILES string of the molecule is CCCC(NC(=O)[C@@H]1CCCN1C(=O)[C@@H](NC(=O)[C@@H](NC(=O)c1cnccn1)C(C)C)C(C)C)C(=O)C(=O)NCC(=O)O. The van der Waals surface area contributed by atoms with Crippen molar-refractivity contribution in [3.8, 4) is 0 Å². The van der Waals surface area contributed by atoms with E-state index in [9.17, 15) is 33.6 Å². The van der Waals surface area contributed by atoms with Gasteiger partial charge in [-0.3, -0.25) is 38.5 Å². The predicted octanol–water partition coefficient (Wildman–Crippen LogP) is -0.582. The number of hydrogen-bond acceptors (Lipinski definition) is 9. The van der Waals surface area contributed by atoms with Crippen LogP contribution in [0, 0.1) is 11.8 Å². The summed E-state index contributed by atoms with van der Waals surface area (Å²) >= 11 is 0. The van der Waals surface area contributed by atoms with Gasteiger partial charge >= 0.3 is 5.97 Å². The average molecular weight is 604 g/mol. The zero-order valence-corrected chi connectivity index (χ0v) is 25.1. The van der Waals surface area contributed by atoms with Crippen LogP contribution in [0.4, 0.5) is 0 Å². The molecule has 2 rings (SSSR count). The molecule has 5 amide bonds. The van der Waals surface area contributed by atoms with Crippen molar-refractivity contribution in [1.82, 2.24) is 36.1 Å². The summed E-state index contributed by atoms with van der Waals surface area (Å²) in [5.41, 5.74) is 0.0302. The van der Waals surface area contributed by atoms with E-state index in [1.54, 1.807) is 34.6 Å². The van der Waals surface area contributed by atoms with Gasteiger partial charge in [0, 0.05) is 18.9 Å². The molecule has 5 N–H and O–H groups in total. The molecule has 0 saturated carbocycles. The molecule has 43 heavy (non-hydrogen) atoms. The largest absolute Gasteiger partial charge is 0.480 e. The Morgan fingerprint density at radius 3 is 2.21 bits per heavy atom. The molecular weight excluding hydrogens is 562 g/mol. The van der Waals surface area contributed by atoms with E-state index in [1.807, 2.05) is 5.32 Å². The topological polar surface area (TPSA) is 217 Å². The Balaban J connectivity index is 2.15. The van der Waals surface area contributed by atoms with Crippen molar-refractivity contribution in [2.75, 3.05) is 13.1 Å². The van der Waals surface area contributed by atoms with Gasteiger partial charge in [0.15, 0.2) is 0 Å². The van der Waals surface area contributed by atoms with Crippen molar-refractivity contribution >= 4 is 41.3 Å². The molecule has 1 aliphatic rings. The molecule has 2 heterocycles. The summed E-state index contributed by atoms with van der Waals surface area (Å²) in [5.74, 6) is -6.46. The number of carboxylic acids is 1. The fraction of sp³-hybridized carbons (Fsp3) is 0.607. The maximum Gasteiger partial charge on any atom is 0.322 e. The van der Waals surface area contributed by atoms with Crippen LogP contribution in [-0.2, 0) is 28.8 Å². The normalized spacial score (nSPS) is 16.6. The van der Waals surface area contributed by atoms with Crippen LogP contribution in [-0.4, -0.2) is 98.5 Å². The van der Waals surface area contributed by atoms with Gasteiger partial charge in [-0.05, 0) is 31.1 Å². The number of aliphatic carboxylic acids is 1. The van der Waals surface area contributed by atoms with E-state index in [4.69, 9.17) is 5.11 Å². The first-order valence-electron chi connectivity index (χ1n) is 14.3. The van der Waals surface area contributed by atoms with Gasteiger partial charge in [-0.1, -0.05) is 41.0 Å². The monoisotopic (exact) mass is 603 g/mol. The fourth-order valence-corrected chi connectivity index (χ4v) is 4.63. The molecule has 1 unspecified atom stereocenters. The highest BCUT2D eigenvalue weighted by Crippen LogP contribution is 2.21. The Hall–Kier alpha value is -4.43. The zero-order valence-electron chi connectivity index (χ0n) is 25.1. The van der Waals surface area contributed by atoms with Crippen LogP contribution in [0.1, 0.15) is 70.8 Å². The highest BCUT2D eigenvalue weighted by Gasteiger charge is 2.41. The van der Waals surface area contributed by atoms with Crippen molar-refractivity contribution in [3.05, 3.63) is 24.3 Å². The Morgan fingerprint density at radius 2 is 1.65 bits per heavy atom. The van der Waals surface area contributed by atoms with Gasteiger partial charge < -0.3 is 31.3 Å². The highest BCUT2D eigenvalue weighted by atomic mass is 16.4. The number of aromatic nitrogens is 2. The van der Waals surface area contributed by atoms with Gasteiger partial charge in [-0.2, -0.15) is 0 Å². The molecule has 0 radical (unpaired) electrons. The molecule has 236 valence electrons. The summed E-state index contributed by atoms with van der Waals surface area (Å²) in [5, 5.41) is 18.7. The third-order valence-corrected chi connectivity index (χ3v) is 6.93. The van der Waals surface area contributed by atoms with E-state index >= 15 is 0 Å². The van der Waals surface area contributed by atoms with Crippen molar-refractivity contribution in [3.63, 3.8) is 0 Å². The van der Waals surface area contributed by atoms with E-state index in [0.717, 1.165) is 0 Å². The van der Waals surface area contributed by atoms with E-state index in [2.05, 4.69) is 25.9 Å². The van der Waals surface area contributed by atoms with Crippen molar-refractivity contribution in [2.24, 2.45) is 11.8 Å². The minimum atomic E-state index is -1.32. The lowest BCUT2D eigenvalue weighted by Crippen LogP contribution is -2.59. The molecule has 0 aliphatic carbocycles. The van der Waals surface area contributed by atoms with Crippen molar-refractivity contribution in [1.29, 1.82) is 0 Å². The minimum absolute atomic E-state index is 0.0302. The lowest BCUT2D eigenvalue weighted by atomic mass is 9.98. The third-order valence-electron chi connectivity index (χ3n) is 6.93. The van der Waals surface area contributed by atoms with Crippen LogP contribution in [0.5, 0.6) is 0 Å². The summed E-state index contributed by atoms with van der Waals surface area (Å²) in [6, 6.07) is -4.16. The van der Waals surface area contributed by atoms with Gasteiger partial charge in [0.05, 0.1) is 12.2 Å². The van der Waals surface area contributed by atoms with E-state index in [-0.39, 0.29) is 30.5 Å². The smallest absolute Gasteiger partial charge is 0.322 e. The number of nitrogens with zero attached hydrogens (tertiary/aromatic N) is 3. The Labute approximate surface area is 250 Å². The Bertz CT molecular complexity index is 1190. The van der Waals surface area contributed by atoms with Gasteiger partial charge in [0.1, 0.15) is 30.4 Å². The standard InChI is InChI=1S/C28H41N7O8/c1-6-8-17(23(38)27(42)31-14-20(36)37)32-25(40)19-9-7-12-35(19)28(43)22(16(4)5)34-26(41)21(15(2)3)33-24(39)18-13-29-10-11-30-18/h10-11,13,15-17,19,21-22H,6-9,12,14H2,1-5H3,(H,31,42)(H,32,40)(H,33,39)(H,34,41)(H,36,37)/t17?,19-,21-,22-/m0/s1. The van der Waals surface area contributed by atoms with Gasteiger partial charge in [-0.25, -0.2) is 4.98 Å². The molecular formula is C28H41N7O8. The average Bonchev–Trinajstić information content (AvgIpc) is 3.46. The number of nitrogens with one attached hydrogen (secondary N) is 4. The van der Waals surface area contributed by atoms with Gasteiger partial charge in [-0.15, -0.1) is 0 Å². The first-order chi connectivity index (χ1) is 20.3. The number of amides is 5. The molecule has 0 bridgehead atoms. The molecule has 1 aromatic rings. The first-order valence-corrected chi connectivity index (χ1v) is 14.3. The van der Waals surface area contributed by atoms with Crippen LogP contribution in [0.15, 0.2) is 18.6 Å². The highest BCUT2D eigenvalue weighted by molar-refractivity contribution is 6.38. The zero-order chi connectivity index (χ0) is 32.3. The number of carboxylic acid groups (broad SMARTS) is 1. The van der Waals surface area contributed by atoms with Crippen LogP contribution in [0.3, 0.4) is 0 Å². The maximum atomic E-state index is 13.7. The molecule has 1 aromatic heterocycles. The maximum absolute atomic E-state index is 13.7. The lowest BCUT2D eigenvalue weighted by molar-refractivity contribution is -0.144. The predicted molar refractivity (Wildman–Crippen MR) is 152 cm³/mol. The lowest BCUT2D eigenvalue weighted by Gasteiger charge is -2.32. The van der Waals surface area contributed by atoms with Crippen LogP contribution in [0.25, 0.3) is 0 Å². The molecule has 1 aliphatic heterocycles. The number of carbonyl (C=O) groups is 7. The minimum Gasteiger partial charge on any atom is -0.480 e. The van der Waals surface area contributed by atoms with Gasteiger partial charge in [0.2, 0.25) is 23.5 Å². The molecule has 1 fully saturated rings. The second kappa shape index (κ2) is 16.3. The number of hydrogen-bond donors (Lipinski definition) is 5. The molecule has 1 saturated heterocycles. The summed E-state index contributed by atoms with van der Waals surface area (Å²) in [6.07, 6.45) is 5.41. The second-order valence-electron chi connectivity index (χ2n) is 11.0. The summed E-state index contributed by atoms with van der Waals surface area (Å²) in [4.78, 5) is 97.6. The quantitative estimate of drug-likeness (QED) is 0.161. The Kier molecular flexibility index (Phi) is 13.2. The van der Waals surface area contributed by atoms with E-state index in [0.29, 0.717) is 19.3 Å². The fourth-order valence-electron chi connectivity index (χ4n) is 4.63. The first kappa shape index (κ1) is 34.8. The van der Waals surface area contributed by atoms with Crippen molar-refractivity contribution in [2.45, 2.75) is 84.5 Å². The molecule has 15 heteroatoms. The molecule has 4 atom stereocenters. The molecule has 0 spiro atoms. The third kappa shape index (κ3) is 9.82. The van der Waals surface area contributed by atoms with Crippen LogP contribution < -0.4 is 21.3 Å². The van der Waals surface area contributed by atoms with Crippen LogP contribution >= 0.6 is 0 Å². The summed E-state index contributed by atoms with van der Waals surface area (Å²) in [7, 11) is 0. The van der Waals surface area contributed by atoms with E-state index in [1.165, 1.54) is 23.5 Å². The number of likely N-dealkylation sites (tertiary alicyclic amines) is 1. The summed E-state index contributed by atoms with van der Waals surface area (Å²) in [6.45, 7) is 8.20. The number of Topliss-reactive ketones (excluding diaryl/α,β-unsaturated/α-hetero) is 1. The van der Waals surface area contributed by atoms with E-state index < -0.39 is 72.0 Å². The number of ketones is 1. The Morgan fingerprint density at radius 1 is 0.977 bits per heavy atom. The number of rotatable bonds is 15. The summed E-state index contributed by atoms with van der Waals surface area (Å²) < 4.78 is 0.